The lowest BCUT2D eigenvalue weighted by Crippen LogP contribution is -2.38. The third kappa shape index (κ3) is 4.30. The highest BCUT2D eigenvalue weighted by molar-refractivity contribution is 5.95. The van der Waals surface area contributed by atoms with Crippen molar-refractivity contribution in [1.29, 1.82) is 5.26 Å². The van der Waals surface area contributed by atoms with Gasteiger partial charge in [0.25, 0.3) is 5.56 Å². The molecule has 6 rings (SSSR count). The minimum atomic E-state index is -0.379. The molecule has 2 saturated heterocycles. The van der Waals surface area contributed by atoms with E-state index in [9.17, 15) is 10.1 Å². The molecule has 0 bridgehead atoms. The first-order valence-corrected chi connectivity index (χ1v) is 13.3. The Morgan fingerprint density at radius 2 is 1.95 bits per heavy atom. The molecule has 11 heteroatoms. The number of nitrogen functional groups attached to an aromatic ring is 1. The normalized spacial score (nSPS) is 17.4. The summed E-state index contributed by atoms with van der Waals surface area (Å²) in [5, 5.41) is 10.2. The maximum Gasteiger partial charge on any atom is 0.253 e. The van der Waals surface area contributed by atoms with Crippen LogP contribution in [0.25, 0.3) is 22.0 Å². The lowest BCUT2D eigenvalue weighted by atomic mass is 9.97. The van der Waals surface area contributed by atoms with Crippen LogP contribution >= 0.6 is 0 Å². The van der Waals surface area contributed by atoms with Crippen LogP contribution in [0.2, 0.25) is 0 Å². The third-order valence-electron chi connectivity index (χ3n) is 7.78. The second kappa shape index (κ2) is 10.2. The molecule has 0 spiro atoms. The van der Waals surface area contributed by atoms with Gasteiger partial charge in [-0.25, -0.2) is 19.3 Å². The number of nitrogens with zero attached hydrogens (tertiary/aromatic N) is 7. The second-order valence-electron chi connectivity index (χ2n) is 10.2. The Labute approximate surface area is 230 Å². The van der Waals surface area contributed by atoms with Gasteiger partial charge in [-0.1, -0.05) is 0 Å². The van der Waals surface area contributed by atoms with E-state index in [1.54, 1.807) is 26.2 Å². The van der Waals surface area contributed by atoms with E-state index in [-0.39, 0.29) is 28.8 Å². The summed E-state index contributed by atoms with van der Waals surface area (Å²) >= 11 is 0. The fourth-order valence-corrected chi connectivity index (χ4v) is 5.82. The number of nitriles is 1. The van der Waals surface area contributed by atoms with E-state index < -0.39 is 0 Å². The molecule has 4 aromatic rings. The number of nitrogens with two attached hydrogens (primary N) is 1. The zero-order valence-electron chi connectivity index (χ0n) is 22.4. The smallest absolute Gasteiger partial charge is 0.253 e. The molecular weight excluding hydrogens is 511 g/mol. The molecule has 5 heterocycles. The number of morpholine rings is 1. The zero-order valence-corrected chi connectivity index (χ0v) is 22.4. The molecular formula is C29H29FN8O2. The molecule has 1 aromatic carbocycles. The number of benzene rings is 1. The highest BCUT2D eigenvalue weighted by Gasteiger charge is 2.34. The average Bonchev–Trinajstić information content (AvgIpc) is 3.45. The van der Waals surface area contributed by atoms with Gasteiger partial charge in [-0.15, -0.1) is 0 Å². The summed E-state index contributed by atoms with van der Waals surface area (Å²) in [6, 6.07) is 8.83. The van der Waals surface area contributed by atoms with Crippen molar-refractivity contribution in [3.05, 3.63) is 69.7 Å². The summed E-state index contributed by atoms with van der Waals surface area (Å²) in [6.45, 7) is 4.84. The van der Waals surface area contributed by atoms with Crippen LogP contribution < -0.4 is 21.1 Å². The molecule has 0 aliphatic carbocycles. The number of anilines is 3. The van der Waals surface area contributed by atoms with Gasteiger partial charge in [-0.2, -0.15) is 5.26 Å². The summed E-state index contributed by atoms with van der Waals surface area (Å²) in [5.74, 6) is 0.976. The topological polar surface area (TPSA) is 126 Å². The minimum Gasteiger partial charge on any atom is -0.382 e. The third-order valence-corrected chi connectivity index (χ3v) is 7.78. The molecule has 0 amide bonds. The van der Waals surface area contributed by atoms with E-state index in [0.717, 1.165) is 35.3 Å². The van der Waals surface area contributed by atoms with Crippen LogP contribution in [0.15, 0.2) is 41.6 Å². The Bertz CT molecular complexity index is 1700. The molecule has 204 valence electrons. The standard InChI is InChI=1S/C29H29FN8O2/c1-17-12-18(15-36(2)29(17)39)19-5-6-23(30)20-13-21(28(35-25(19)20)37-8-10-40-11-9-37)24-4-3-7-38(24)27-22(14-31)26(32)33-16-34-27/h5-6,12-13,15-16,24H,3-4,7-11H2,1-2H3,(H2,32,33,34). The second-order valence-corrected chi connectivity index (χ2v) is 10.2. The summed E-state index contributed by atoms with van der Waals surface area (Å²) in [4.78, 5) is 30.2. The number of hydrogen-bond donors (Lipinski definition) is 1. The number of ether oxygens (including phenoxy) is 1. The molecule has 1 atom stereocenters. The van der Waals surface area contributed by atoms with Crippen molar-refractivity contribution in [3.8, 4) is 17.2 Å². The van der Waals surface area contributed by atoms with E-state index >= 15 is 4.39 Å². The van der Waals surface area contributed by atoms with Crippen LogP contribution in [-0.2, 0) is 11.8 Å². The van der Waals surface area contributed by atoms with Gasteiger partial charge < -0.3 is 24.8 Å². The molecule has 40 heavy (non-hydrogen) atoms. The fraction of sp³-hybridized carbons (Fsp3) is 0.345. The molecule has 2 N–H and O–H groups in total. The highest BCUT2D eigenvalue weighted by atomic mass is 19.1. The van der Waals surface area contributed by atoms with Gasteiger partial charge in [0.05, 0.1) is 24.8 Å². The van der Waals surface area contributed by atoms with Crippen molar-refractivity contribution in [1.82, 2.24) is 19.5 Å². The van der Waals surface area contributed by atoms with E-state index in [0.29, 0.717) is 55.1 Å². The number of pyridine rings is 2. The molecule has 2 fully saturated rings. The summed E-state index contributed by atoms with van der Waals surface area (Å²) in [6.07, 6.45) is 4.76. The average molecular weight is 541 g/mol. The van der Waals surface area contributed by atoms with Gasteiger partial charge in [-0.05, 0) is 44.0 Å². The lowest BCUT2D eigenvalue weighted by molar-refractivity contribution is 0.122. The Morgan fingerprint density at radius 1 is 1.15 bits per heavy atom. The van der Waals surface area contributed by atoms with Gasteiger partial charge in [0.15, 0.2) is 5.82 Å². The zero-order chi connectivity index (χ0) is 28.0. The summed E-state index contributed by atoms with van der Waals surface area (Å²) in [5.41, 5.74) is 9.69. The number of fused-ring (bicyclic) bond motifs is 1. The number of aromatic nitrogens is 4. The van der Waals surface area contributed by atoms with Gasteiger partial charge in [-0.3, -0.25) is 4.79 Å². The Morgan fingerprint density at radius 3 is 2.70 bits per heavy atom. The molecule has 0 saturated carbocycles. The van der Waals surface area contributed by atoms with Gasteiger partial charge in [0.1, 0.15) is 35.4 Å². The van der Waals surface area contributed by atoms with E-state index in [1.807, 2.05) is 12.1 Å². The van der Waals surface area contributed by atoms with Crippen molar-refractivity contribution in [3.63, 3.8) is 0 Å². The lowest BCUT2D eigenvalue weighted by Gasteiger charge is -2.34. The number of rotatable bonds is 4. The molecule has 3 aromatic heterocycles. The van der Waals surface area contributed by atoms with Crippen molar-refractivity contribution in [2.24, 2.45) is 7.05 Å². The number of halogens is 1. The first kappa shape index (κ1) is 25.7. The Balaban J connectivity index is 1.57. The summed E-state index contributed by atoms with van der Waals surface area (Å²) in [7, 11) is 1.71. The van der Waals surface area contributed by atoms with Crippen LogP contribution in [0.1, 0.15) is 35.6 Å². The van der Waals surface area contributed by atoms with Crippen molar-refractivity contribution < 1.29 is 9.13 Å². The van der Waals surface area contributed by atoms with E-state index in [2.05, 4.69) is 25.8 Å². The maximum absolute atomic E-state index is 15.5. The first-order chi connectivity index (χ1) is 19.4. The maximum atomic E-state index is 15.5. The van der Waals surface area contributed by atoms with Crippen LogP contribution in [-0.4, -0.2) is 52.4 Å². The van der Waals surface area contributed by atoms with E-state index in [4.69, 9.17) is 15.5 Å². The van der Waals surface area contributed by atoms with Crippen LogP contribution in [0.4, 0.5) is 21.8 Å². The molecule has 2 aliphatic rings. The van der Waals surface area contributed by atoms with Crippen LogP contribution in [0.3, 0.4) is 0 Å². The van der Waals surface area contributed by atoms with Crippen LogP contribution in [0, 0.1) is 24.1 Å². The first-order valence-electron chi connectivity index (χ1n) is 13.3. The SMILES string of the molecule is Cc1cc(-c2ccc(F)c3cc(C4CCCN4c4ncnc(N)c4C#N)c(N4CCOCC4)nc23)cn(C)c1=O. The molecule has 2 aliphatic heterocycles. The number of hydrogen-bond acceptors (Lipinski definition) is 9. The van der Waals surface area contributed by atoms with Crippen molar-refractivity contribution in [2.75, 3.05) is 48.4 Å². The predicted octanol–water partition coefficient (Wildman–Crippen LogP) is 3.47. The largest absolute Gasteiger partial charge is 0.382 e. The van der Waals surface area contributed by atoms with Crippen molar-refractivity contribution in [2.45, 2.75) is 25.8 Å². The quantitative estimate of drug-likeness (QED) is 0.414. The fourth-order valence-electron chi connectivity index (χ4n) is 5.82. The van der Waals surface area contributed by atoms with Gasteiger partial charge in [0, 0.05) is 60.5 Å². The Hall–Kier alpha value is -4.56. The molecule has 1 unspecified atom stereocenters. The Kier molecular flexibility index (Phi) is 6.56. The molecule has 10 nitrogen and oxygen atoms in total. The van der Waals surface area contributed by atoms with Crippen LogP contribution in [0.5, 0.6) is 0 Å². The molecule has 0 radical (unpaired) electrons. The monoisotopic (exact) mass is 540 g/mol. The van der Waals surface area contributed by atoms with Gasteiger partial charge >= 0.3 is 0 Å². The van der Waals surface area contributed by atoms with Gasteiger partial charge in [0.2, 0.25) is 0 Å². The summed E-state index contributed by atoms with van der Waals surface area (Å²) < 4.78 is 22.7. The number of aryl methyl sites for hydroxylation is 2. The minimum absolute atomic E-state index is 0.0807. The van der Waals surface area contributed by atoms with E-state index in [1.165, 1.54) is 17.0 Å². The van der Waals surface area contributed by atoms with Crippen molar-refractivity contribution >= 4 is 28.4 Å². The highest BCUT2D eigenvalue weighted by Crippen LogP contribution is 2.43. The predicted molar refractivity (Wildman–Crippen MR) is 151 cm³/mol.